The van der Waals surface area contributed by atoms with Gasteiger partial charge in [-0.15, -0.1) is 0 Å². The minimum absolute atomic E-state index is 0.164. The van der Waals surface area contributed by atoms with Gasteiger partial charge in [0.15, 0.2) is 0 Å². The number of nitro benzene ring substituents is 1. The first-order valence-corrected chi connectivity index (χ1v) is 13.8. The number of nitrogens with zero attached hydrogens (tertiary/aromatic N) is 4. The number of hydrogen-bond acceptors (Lipinski definition) is 7. The van der Waals surface area contributed by atoms with E-state index in [-0.39, 0.29) is 10.6 Å². The zero-order valence-corrected chi connectivity index (χ0v) is 22.5. The van der Waals surface area contributed by atoms with Gasteiger partial charge in [-0.05, 0) is 90.6 Å². The van der Waals surface area contributed by atoms with Crippen molar-refractivity contribution in [3.63, 3.8) is 0 Å². The molecule has 8 heteroatoms. The molecule has 4 aromatic rings. The van der Waals surface area contributed by atoms with Crippen LogP contribution in [0.4, 0.5) is 17.5 Å². The van der Waals surface area contributed by atoms with Crippen molar-refractivity contribution in [3.05, 3.63) is 87.5 Å². The SMILES string of the molecule is CN(C)c1nc(N[C@H]2CC[C@@H](CNCc3cccc4c3-c3ccc([N+](=O)[O-])cc3C4)CC2)nc2ccccc12. The Hall–Kier alpha value is -4.04. The third-order valence-corrected chi connectivity index (χ3v) is 8.12. The molecule has 0 amide bonds. The minimum Gasteiger partial charge on any atom is -0.362 e. The van der Waals surface area contributed by atoms with Gasteiger partial charge in [0.25, 0.3) is 5.69 Å². The van der Waals surface area contributed by atoms with E-state index in [9.17, 15) is 10.1 Å². The topological polar surface area (TPSA) is 96.2 Å². The van der Waals surface area contributed by atoms with Crippen LogP contribution >= 0.6 is 0 Å². The Morgan fingerprint density at radius 3 is 2.59 bits per heavy atom. The molecule has 0 aliphatic heterocycles. The second kappa shape index (κ2) is 10.6. The molecule has 0 spiro atoms. The summed E-state index contributed by atoms with van der Waals surface area (Å²) in [6, 6.07) is 20.2. The summed E-state index contributed by atoms with van der Waals surface area (Å²) >= 11 is 0. The van der Waals surface area contributed by atoms with E-state index in [0.29, 0.717) is 17.9 Å². The molecule has 0 unspecified atom stereocenters. The van der Waals surface area contributed by atoms with Gasteiger partial charge in [-0.25, -0.2) is 4.98 Å². The Morgan fingerprint density at radius 2 is 1.79 bits per heavy atom. The van der Waals surface area contributed by atoms with Crippen molar-refractivity contribution in [2.45, 2.75) is 44.7 Å². The van der Waals surface area contributed by atoms with Crippen LogP contribution in [0.25, 0.3) is 22.0 Å². The standard InChI is InChI=1S/C31H34N6O2/c1-36(2)30-27-8-3-4-9-28(27)34-31(35-30)33-24-12-10-20(11-13-24)18-32-19-22-7-5-6-21-16-23-17-25(37(38)39)14-15-26(23)29(21)22/h3-9,14-15,17,20,24,32H,10-13,16,18-19H2,1-2H3,(H,33,34,35)/t20-,24+. The van der Waals surface area contributed by atoms with Gasteiger partial charge in [0.1, 0.15) is 5.82 Å². The first-order valence-electron chi connectivity index (χ1n) is 13.8. The fourth-order valence-corrected chi connectivity index (χ4v) is 6.15. The Bertz CT molecular complexity index is 1530. The molecule has 2 aliphatic rings. The Labute approximate surface area is 228 Å². The van der Waals surface area contributed by atoms with Crippen molar-refractivity contribution >= 4 is 28.4 Å². The lowest BCUT2D eigenvalue weighted by molar-refractivity contribution is -0.384. The normalized spacial score (nSPS) is 18.0. The number of rotatable bonds is 8. The van der Waals surface area contributed by atoms with Gasteiger partial charge in [0, 0.05) is 44.2 Å². The highest BCUT2D eigenvalue weighted by Gasteiger charge is 2.25. The first kappa shape index (κ1) is 25.2. The fourth-order valence-electron chi connectivity index (χ4n) is 6.15. The van der Waals surface area contributed by atoms with Crippen molar-refractivity contribution in [2.24, 2.45) is 5.92 Å². The molecule has 0 radical (unpaired) electrons. The number of benzene rings is 3. The molecule has 6 rings (SSSR count). The maximum Gasteiger partial charge on any atom is 0.269 e. The number of fused-ring (bicyclic) bond motifs is 4. The lowest BCUT2D eigenvalue weighted by Gasteiger charge is -2.29. The third kappa shape index (κ3) is 5.16. The smallest absolute Gasteiger partial charge is 0.269 e. The van der Waals surface area contributed by atoms with E-state index in [1.54, 1.807) is 12.1 Å². The number of non-ortho nitro benzene ring substituents is 1. The van der Waals surface area contributed by atoms with Crippen molar-refractivity contribution in [1.29, 1.82) is 0 Å². The summed E-state index contributed by atoms with van der Waals surface area (Å²) in [4.78, 5) is 22.5. The van der Waals surface area contributed by atoms with Crippen LogP contribution < -0.4 is 15.5 Å². The monoisotopic (exact) mass is 522 g/mol. The predicted molar refractivity (Wildman–Crippen MR) is 156 cm³/mol. The van der Waals surface area contributed by atoms with E-state index in [2.05, 4.69) is 34.9 Å². The minimum atomic E-state index is -0.314. The van der Waals surface area contributed by atoms with E-state index < -0.39 is 0 Å². The van der Waals surface area contributed by atoms with Crippen molar-refractivity contribution in [1.82, 2.24) is 15.3 Å². The highest BCUT2D eigenvalue weighted by atomic mass is 16.6. The summed E-state index contributed by atoms with van der Waals surface area (Å²) in [5, 5.41) is 19.6. The summed E-state index contributed by atoms with van der Waals surface area (Å²) in [5.74, 6) is 2.29. The molecule has 200 valence electrons. The number of para-hydroxylation sites is 1. The molecule has 2 N–H and O–H groups in total. The van der Waals surface area contributed by atoms with Crippen molar-refractivity contribution in [3.8, 4) is 11.1 Å². The number of hydrogen-bond donors (Lipinski definition) is 2. The molecule has 1 fully saturated rings. The Kier molecular flexibility index (Phi) is 6.87. The first-order chi connectivity index (χ1) is 19.0. The summed E-state index contributed by atoms with van der Waals surface area (Å²) in [6.07, 6.45) is 5.30. The molecule has 39 heavy (non-hydrogen) atoms. The van der Waals surface area contributed by atoms with Crippen LogP contribution in [0, 0.1) is 16.0 Å². The molecule has 1 heterocycles. The maximum atomic E-state index is 11.2. The lowest BCUT2D eigenvalue weighted by atomic mass is 9.86. The number of aromatic nitrogens is 2. The molecular formula is C31H34N6O2. The number of anilines is 2. The van der Waals surface area contributed by atoms with Crippen LogP contribution in [0.1, 0.15) is 42.4 Å². The number of nitro groups is 1. The molecular weight excluding hydrogens is 488 g/mol. The maximum absolute atomic E-state index is 11.2. The van der Waals surface area contributed by atoms with Gasteiger partial charge < -0.3 is 15.5 Å². The van der Waals surface area contributed by atoms with Crippen molar-refractivity contribution in [2.75, 3.05) is 30.9 Å². The molecule has 2 aliphatic carbocycles. The Morgan fingerprint density at radius 1 is 0.974 bits per heavy atom. The average molecular weight is 523 g/mol. The van der Waals surface area contributed by atoms with Crippen LogP contribution in [-0.2, 0) is 13.0 Å². The Balaban J connectivity index is 1.04. The van der Waals surface area contributed by atoms with Gasteiger partial charge in [0.05, 0.1) is 10.4 Å². The van der Waals surface area contributed by atoms with Crippen LogP contribution in [-0.4, -0.2) is 41.6 Å². The molecule has 0 saturated heterocycles. The van der Waals surface area contributed by atoms with Crippen LogP contribution in [0.2, 0.25) is 0 Å². The summed E-state index contributed by atoms with van der Waals surface area (Å²) in [5.41, 5.74) is 7.07. The number of nitrogens with one attached hydrogen (secondary N) is 2. The van der Waals surface area contributed by atoms with Gasteiger partial charge in [-0.1, -0.05) is 30.3 Å². The quantitative estimate of drug-likeness (QED) is 0.192. The lowest BCUT2D eigenvalue weighted by Crippen LogP contribution is -2.31. The van der Waals surface area contributed by atoms with Crippen LogP contribution in [0.15, 0.2) is 60.7 Å². The summed E-state index contributed by atoms with van der Waals surface area (Å²) in [7, 11) is 4.04. The van der Waals surface area contributed by atoms with E-state index in [1.165, 1.54) is 16.7 Å². The molecule has 8 nitrogen and oxygen atoms in total. The van der Waals surface area contributed by atoms with Gasteiger partial charge in [-0.2, -0.15) is 4.98 Å². The molecule has 1 saturated carbocycles. The second-order valence-corrected chi connectivity index (χ2v) is 11.0. The summed E-state index contributed by atoms with van der Waals surface area (Å²) < 4.78 is 0. The molecule has 0 atom stereocenters. The third-order valence-electron chi connectivity index (χ3n) is 8.12. The van der Waals surface area contributed by atoms with E-state index >= 15 is 0 Å². The largest absolute Gasteiger partial charge is 0.362 e. The highest BCUT2D eigenvalue weighted by Crippen LogP contribution is 2.40. The van der Waals surface area contributed by atoms with E-state index in [0.717, 1.165) is 73.0 Å². The van der Waals surface area contributed by atoms with Crippen LogP contribution in [0.3, 0.4) is 0 Å². The fraction of sp³-hybridized carbons (Fsp3) is 0.355. The zero-order valence-electron chi connectivity index (χ0n) is 22.5. The molecule has 1 aromatic heterocycles. The van der Waals surface area contributed by atoms with Gasteiger partial charge in [0.2, 0.25) is 5.95 Å². The van der Waals surface area contributed by atoms with E-state index in [1.807, 2.05) is 43.3 Å². The van der Waals surface area contributed by atoms with Gasteiger partial charge >= 0.3 is 0 Å². The zero-order chi connectivity index (χ0) is 26.9. The summed E-state index contributed by atoms with van der Waals surface area (Å²) in [6.45, 7) is 1.79. The molecule has 3 aromatic carbocycles. The van der Waals surface area contributed by atoms with Crippen molar-refractivity contribution < 1.29 is 4.92 Å². The highest BCUT2D eigenvalue weighted by molar-refractivity contribution is 5.90. The van der Waals surface area contributed by atoms with E-state index in [4.69, 9.17) is 9.97 Å². The average Bonchev–Trinajstić information content (AvgIpc) is 3.32. The van der Waals surface area contributed by atoms with Gasteiger partial charge in [-0.3, -0.25) is 10.1 Å². The second-order valence-electron chi connectivity index (χ2n) is 11.0. The van der Waals surface area contributed by atoms with Crippen LogP contribution in [0.5, 0.6) is 0 Å². The molecule has 0 bridgehead atoms. The predicted octanol–water partition coefficient (Wildman–Crippen LogP) is 5.94.